The van der Waals surface area contributed by atoms with Gasteiger partial charge in [-0.05, 0) is 37.6 Å². The SMILES string of the molecule is CCCCn1c(N)c(N(CC)C(=O)COc2ccc(C(=O)CC)cc2)c(=O)[nH]c1=O. The largest absolute Gasteiger partial charge is 0.484 e. The summed E-state index contributed by atoms with van der Waals surface area (Å²) in [5.74, 6) is -0.0940. The molecule has 0 fully saturated rings. The van der Waals surface area contributed by atoms with Gasteiger partial charge in [0.2, 0.25) is 0 Å². The number of rotatable bonds is 10. The van der Waals surface area contributed by atoms with Gasteiger partial charge in [0.15, 0.2) is 18.1 Å². The van der Waals surface area contributed by atoms with Crippen molar-refractivity contribution in [2.75, 3.05) is 23.8 Å². The third-order valence-electron chi connectivity index (χ3n) is 4.70. The topological polar surface area (TPSA) is 127 Å². The third kappa shape index (κ3) is 5.16. The van der Waals surface area contributed by atoms with Crippen molar-refractivity contribution in [3.63, 3.8) is 0 Å². The minimum absolute atomic E-state index is 0.0164. The number of ether oxygens (including phenoxy) is 1. The molecule has 2 aromatic rings. The third-order valence-corrected chi connectivity index (χ3v) is 4.70. The number of hydrogen-bond donors (Lipinski definition) is 2. The molecule has 1 aromatic carbocycles. The summed E-state index contributed by atoms with van der Waals surface area (Å²) < 4.78 is 6.78. The number of amides is 1. The molecule has 0 unspecified atom stereocenters. The fourth-order valence-electron chi connectivity index (χ4n) is 3.00. The standard InChI is InChI=1S/C21H28N4O5/c1-4-7-12-25-19(22)18(20(28)23-21(25)29)24(6-3)17(27)13-30-15-10-8-14(9-11-15)16(26)5-2/h8-11H,4-7,12-13,22H2,1-3H3,(H,23,28,29). The Morgan fingerprint density at radius 2 is 1.80 bits per heavy atom. The molecule has 1 heterocycles. The number of carbonyl (C=O) groups is 2. The van der Waals surface area contributed by atoms with Crippen molar-refractivity contribution < 1.29 is 14.3 Å². The number of Topliss-reactive ketones (excluding diaryl/α,β-unsaturated/α-hetero) is 1. The van der Waals surface area contributed by atoms with Crippen molar-refractivity contribution in [3.05, 3.63) is 50.7 Å². The number of anilines is 2. The van der Waals surface area contributed by atoms with E-state index in [0.29, 0.717) is 30.7 Å². The summed E-state index contributed by atoms with van der Waals surface area (Å²) in [6.07, 6.45) is 1.95. The number of carbonyl (C=O) groups excluding carboxylic acids is 2. The number of aromatic amines is 1. The first-order valence-electron chi connectivity index (χ1n) is 10.0. The van der Waals surface area contributed by atoms with E-state index in [9.17, 15) is 19.2 Å². The van der Waals surface area contributed by atoms with Crippen LogP contribution >= 0.6 is 0 Å². The summed E-state index contributed by atoms with van der Waals surface area (Å²) in [5.41, 5.74) is 5.27. The highest BCUT2D eigenvalue weighted by atomic mass is 16.5. The van der Waals surface area contributed by atoms with Crippen LogP contribution < -0.4 is 26.6 Å². The molecule has 1 aromatic heterocycles. The molecule has 0 spiro atoms. The van der Waals surface area contributed by atoms with E-state index in [-0.39, 0.29) is 30.4 Å². The van der Waals surface area contributed by atoms with Gasteiger partial charge < -0.3 is 15.4 Å². The lowest BCUT2D eigenvalue weighted by atomic mass is 10.1. The summed E-state index contributed by atoms with van der Waals surface area (Å²) in [5, 5.41) is 0. The number of nitrogens with one attached hydrogen (secondary N) is 1. The predicted octanol–water partition coefficient (Wildman–Crippen LogP) is 1.94. The van der Waals surface area contributed by atoms with Gasteiger partial charge in [-0.25, -0.2) is 4.79 Å². The average Bonchev–Trinajstić information content (AvgIpc) is 2.74. The Balaban J connectivity index is 2.21. The minimum atomic E-state index is -0.720. The van der Waals surface area contributed by atoms with Crippen molar-refractivity contribution in [1.29, 1.82) is 0 Å². The summed E-state index contributed by atoms with van der Waals surface area (Å²) >= 11 is 0. The first kappa shape index (κ1) is 22.9. The zero-order valence-corrected chi connectivity index (χ0v) is 17.6. The normalized spacial score (nSPS) is 10.6. The van der Waals surface area contributed by atoms with Gasteiger partial charge in [0.25, 0.3) is 11.5 Å². The monoisotopic (exact) mass is 416 g/mol. The molecule has 0 aliphatic heterocycles. The number of nitrogens with zero attached hydrogens (tertiary/aromatic N) is 2. The second kappa shape index (κ2) is 10.4. The molecule has 3 N–H and O–H groups in total. The Morgan fingerprint density at radius 3 is 2.37 bits per heavy atom. The smallest absolute Gasteiger partial charge is 0.330 e. The van der Waals surface area contributed by atoms with Crippen LogP contribution in [0.4, 0.5) is 11.5 Å². The van der Waals surface area contributed by atoms with E-state index >= 15 is 0 Å². The lowest BCUT2D eigenvalue weighted by Gasteiger charge is -2.23. The number of unbranched alkanes of at least 4 members (excludes halogenated alkanes) is 1. The zero-order valence-electron chi connectivity index (χ0n) is 17.6. The fraction of sp³-hybridized carbons (Fsp3) is 0.429. The van der Waals surface area contributed by atoms with Crippen LogP contribution in [0.25, 0.3) is 0 Å². The van der Waals surface area contributed by atoms with Gasteiger partial charge in [-0.3, -0.25) is 23.9 Å². The van der Waals surface area contributed by atoms with Crippen LogP contribution in [0.2, 0.25) is 0 Å². The number of nitrogen functional groups attached to an aromatic ring is 1. The highest BCUT2D eigenvalue weighted by Gasteiger charge is 2.23. The molecule has 0 saturated carbocycles. The van der Waals surface area contributed by atoms with Gasteiger partial charge >= 0.3 is 5.69 Å². The van der Waals surface area contributed by atoms with Crippen molar-refractivity contribution in [1.82, 2.24) is 9.55 Å². The molecular weight excluding hydrogens is 388 g/mol. The summed E-state index contributed by atoms with van der Waals surface area (Å²) in [4.78, 5) is 52.3. The number of nitrogens with two attached hydrogens (primary N) is 1. The van der Waals surface area contributed by atoms with Crippen LogP contribution in [0, 0.1) is 0 Å². The Morgan fingerprint density at radius 1 is 1.13 bits per heavy atom. The van der Waals surface area contributed by atoms with E-state index in [1.54, 1.807) is 38.1 Å². The van der Waals surface area contributed by atoms with Crippen molar-refractivity contribution in [2.45, 2.75) is 46.6 Å². The number of ketones is 1. The van der Waals surface area contributed by atoms with Crippen molar-refractivity contribution >= 4 is 23.2 Å². The van der Waals surface area contributed by atoms with Gasteiger partial charge in [0, 0.05) is 25.1 Å². The maximum Gasteiger partial charge on any atom is 0.330 e. The lowest BCUT2D eigenvalue weighted by Crippen LogP contribution is -2.42. The van der Waals surface area contributed by atoms with E-state index < -0.39 is 17.2 Å². The van der Waals surface area contributed by atoms with Crippen molar-refractivity contribution in [3.8, 4) is 5.75 Å². The molecule has 9 nitrogen and oxygen atoms in total. The van der Waals surface area contributed by atoms with Gasteiger partial charge in [-0.2, -0.15) is 0 Å². The molecule has 0 radical (unpaired) electrons. The summed E-state index contributed by atoms with van der Waals surface area (Å²) in [7, 11) is 0. The van der Waals surface area contributed by atoms with Crippen LogP contribution in [0.5, 0.6) is 5.75 Å². The molecule has 162 valence electrons. The molecule has 0 aliphatic rings. The molecule has 0 saturated heterocycles. The van der Waals surface area contributed by atoms with Crippen LogP contribution in [-0.4, -0.2) is 34.4 Å². The van der Waals surface area contributed by atoms with Crippen LogP contribution in [-0.2, 0) is 11.3 Å². The number of aromatic nitrogens is 2. The minimum Gasteiger partial charge on any atom is -0.484 e. The summed E-state index contributed by atoms with van der Waals surface area (Å²) in [6.45, 7) is 5.63. The molecule has 0 bridgehead atoms. The molecule has 9 heteroatoms. The molecule has 1 amide bonds. The van der Waals surface area contributed by atoms with E-state index in [1.165, 1.54) is 9.47 Å². The van der Waals surface area contributed by atoms with Crippen LogP contribution in [0.15, 0.2) is 33.9 Å². The second-order valence-electron chi connectivity index (χ2n) is 6.73. The van der Waals surface area contributed by atoms with Gasteiger partial charge in [0.1, 0.15) is 11.6 Å². The molecular formula is C21H28N4O5. The highest BCUT2D eigenvalue weighted by Crippen LogP contribution is 2.18. The highest BCUT2D eigenvalue weighted by molar-refractivity contribution is 5.97. The Bertz CT molecular complexity index is 1010. The van der Waals surface area contributed by atoms with Crippen LogP contribution in [0.3, 0.4) is 0 Å². The molecule has 2 rings (SSSR count). The second-order valence-corrected chi connectivity index (χ2v) is 6.73. The molecule has 0 aliphatic carbocycles. The maximum atomic E-state index is 12.7. The Labute approximate surface area is 174 Å². The zero-order chi connectivity index (χ0) is 22.3. The number of benzene rings is 1. The van der Waals surface area contributed by atoms with Gasteiger partial charge in [-0.15, -0.1) is 0 Å². The molecule has 30 heavy (non-hydrogen) atoms. The fourth-order valence-corrected chi connectivity index (χ4v) is 3.00. The maximum absolute atomic E-state index is 12.7. The Kier molecular flexibility index (Phi) is 7.97. The first-order chi connectivity index (χ1) is 14.3. The van der Waals surface area contributed by atoms with Crippen LogP contribution in [0.1, 0.15) is 50.4 Å². The van der Waals surface area contributed by atoms with Gasteiger partial charge in [0.05, 0.1) is 0 Å². The number of hydrogen-bond acceptors (Lipinski definition) is 6. The first-order valence-corrected chi connectivity index (χ1v) is 10.0. The van der Waals surface area contributed by atoms with E-state index in [2.05, 4.69) is 4.98 Å². The van der Waals surface area contributed by atoms with E-state index in [1.807, 2.05) is 6.92 Å². The van der Waals surface area contributed by atoms with E-state index in [0.717, 1.165) is 6.42 Å². The average molecular weight is 416 g/mol. The predicted molar refractivity (Wildman–Crippen MR) is 115 cm³/mol. The summed E-state index contributed by atoms with van der Waals surface area (Å²) in [6, 6.07) is 6.49. The number of H-pyrrole nitrogens is 1. The van der Waals surface area contributed by atoms with E-state index in [4.69, 9.17) is 10.5 Å². The number of likely N-dealkylation sites (N-methyl/N-ethyl adjacent to an activating group) is 1. The van der Waals surface area contributed by atoms with Crippen molar-refractivity contribution in [2.24, 2.45) is 0 Å². The quantitative estimate of drug-likeness (QED) is 0.570. The van der Waals surface area contributed by atoms with Gasteiger partial charge in [-0.1, -0.05) is 20.3 Å². The Hall–Kier alpha value is -3.36. The molecule has 0 atom stereocenters. The lowest BCUT2D eigenvalue weighted by molar-refractivity contribution is -0.120.